The molecule has 0 unspecified atom stereocenters. The highest BCUT2D eigenvalue weighted by molar-refractivity contribution is 6.63. The van der Waals surface area contributed by atoms with E-state index in [1.807, 2.05) is 0 Å². The van der Waals surface area contributed by atoms with Crippen molar-refractivity contribution in [3.63, 3.8) is 0 Å². The molecular weight excluding hydrogens is 215 g/mol. The maximum Gasteiger partial charge on any atom is 0.221 e. The van der Waals surface area contributed by atoms with Crippen molar-refractivity contribution in [2.45, 2.75) is 32.1 Å². The van der Waals surface area contributed by atoms with Crippen molar-refractivity contribution in [2.75, 3.05) is 0 Å². The highest BCUT2D eigenvalue weighted by atomic mass is 35.5. The minimum Gasteiger partial charge on any atom is -0.281 e. The second kappa shape index (κ2) is 6.57. The Morgan fingerprint density at radius 1 is 1.13 bits per heavy atom. The van der Waals surface area contributed by atoms with E-state index in [9.17, 15) is 9.18 Å². The quantitative estimate of drug-likeness (QED) is 0.536. The van der Waals surface area contributed by atoms with Crippen LogP contribution in [0.4, 0.5) is 4.39 Å². The first-order valence-electron chi connectivity index (χ1n) is 5.11. The zero-order valence-electron chi connectivity index (χ0n) is 8.51. The van der Waals surface area contributed by atoms with E-state index in [4.69, 9.17) is 11.6 Å². The average molecular weight is 229 g/mol. The molecule has 0 saturated carbocycles. The van der Waals surface area contributed by atoms with E-state index in [1.54, 1.807) is 12.1 Å². The maximum atomic E-state index is 12.6. The Bertz CT molecular complexity index is 308. The lowest BCUT2D eigenvalue weighted by Gasteiger charge is -2.00. The first-order chi connectivity index (χ1) is 7.18. The molecule has 0 aliphatic heterocycles. The van der Waals surface area contributed by atoms with Crippen LogP contribution in [0.2, 0.25) is 0 Å². The molecular formula is C12H14ClFO. The molecule has 3 heteroatoms. The molecule has 0 bridgehead atoms. The van der Waals surface area contributed by atoms with Gasteiger partial charge in [-0.1, -0.05) is 18.6 Å². The second-order valence-electron chi connectivity index (χ2n) is 3.54. The smallest absolute Gasteiger partial charge is 0.221 e. The summed E-state index contributed by atoms with van der Waals surface area (Å²) in [5.74, 6) is -0.202. The van der Waals surface area contributed by atoms with Crippen LogP contribution in [-0.4, -0.2) is 5.24 Å². The average Bonchev–Trinajstić information content (AvgIpc) is 2.20. The standard InChI is InChI=1S/C12H14ClFO/c13-12(15)5-3-1-2-4-10-6-8-11(14)9-7-10/h6-9H,1-5H2. The lowest BCUT2D eigenvalue weighted by atomic mass is 10.1. The molecule has 0 aliphatic rings. The van der Waals surface area contributed by atoms with Gasteiger partial charge >= 0.3 is 0 Å². The summed E-state index contributed by atoms with van der Waals surface area (Å²) in [5, 5.41) is -0.267. The molecule has 0 radical (unpaired) electrons. The predicted molar refractivity (Wildman–Crippen MR) is 59.4 cm³/mol. The molecule has 0 saturated heterocycles. The van der Waals surface area contributed by atoms with Gasteiger partial charge in [0.25, 0.3) is 0 Å². The van der Waals surface area contributed by atoms with Crippen molar-refractivity contribution >= 4 is 16.8 Å². The fraction of sp³-hybridized carbons (Fsp3) is 0.417. The molecule has 1 aromatic rings. The summed E-state index contributed by atoms with van der Waals surface area (Å²) < 4.78 is 12.6. The SMILES string of the molecule is O=C(Cl)CCCCCc1ccc(F)cc1. The normalized spacial score (nSPS) is 10.3. The van der Waals surface area contributed by atoms with E-state index in [1.165, 1.54) is 12.1 Å². The number of carbonyl (C=O) groups is 1. The van der Waals surface area contributed by atoms with Gasteiger partial charge in [-0.05, 0) is 48.6 Å². The summed E-state index contributed by atoms with van der Waals surface area (Å²) in [7, 11) is 0. The lowest BCUT2D eigenvalue weighted by Crippen LogP contribution is -1.89. The highest BCUT2D eigenvalue weighted by Gasteiger charge is 1.97. The molecule has 1 aromatic carbocycles. The minimum absolute atomic E-state index is 0.202. The van der Waals surface area contributed by atoms with Crippen LogP contribution in [0.5, 0.6) is 0 Å². The second-order valence-corrected chi connectivity index (χ2v) is 3.96. The van der Waals surface area contributed by atoms with E-state index >= 15 is 0 Å². The molecule has 0 spiro atoms. The Labute approximate surface area is 94.3 Å². The molecule has 0 aliphatic carbocycles. The molecule has 82 valence electrons. The van der Waals surface area contributed by atoms with E-state index in [-0.39, 0.29) is 11.1 Å². The van der Waals surface area contributed by atoms with Crippen LogP contribution < -0.4 is 0 Å². The van der Waals surface area contributed by atoms with Crippen molar-refractivity contribution in [1.29, 1.82) is 0 Å². The fourth-order valence-corrected chi connectivity index (χ4v) is 1.55. The lowest BCUT2D eigenvalue weighted by molar-refractivity contribution is -0.111. The summed E-state index contributed by atoms with van der Waals surface area (Å²) >= 11 is 5.21. The zero-order chi connectivity index (χ0) is 11.1. The van der Waals surface area contributed by atoms with Gasteiger partial charge in [-0.2, -0.15) is 0 Å². The molecule has 15 heavy (non-hydrogen) atoms. The number of hydrogen-bond acceptors (Lipinski definition) is 1. The largest absolute Gasteiger partial charge is 0.281 e. The Balaban J connectivity index is 2.15. The topological polar surface area (TPSA) is 17.1 Å². The zero-order valence-corrected chi connectivity index (χ0v) is 9.27. The Morgan fingerprint density at radius 3 is 2.40 bits per heavy atom. The van der Waals surface area contributed by atoms with Crippen molar-refractivity contribution in [2.24, 2.45) is 0 Å². The van der Waals surface area contributed by atoms with Crippen molar-refractivity contribution in [3.05, 3.63) is 35.6 Å². The van der Waals surface area contributed by atoms with Crippen molar-refractivity contribution in [3.8, 4) is 0 Å². The van der Waals surface area contributed by atoms with E-state index in [2.05, 4.69) is 0 Å². The van der Waals surface area contributed by atoms with Crippen molar-refractivity contribution < 1.29 is 9.18 Å². The molecule has 0 N–H and O–H groups in total. The van der Waals surface area contributed by atoms with Gasteiger partial charge in [-0.25, -0.2) is 4.39 Å². The van der Waals surface area contributed by atoms with Gasteiger partial charge in [-0.3, -0.25) is 4.79 Å². The molecule has 0 amide bonds. The summed E-state index contributed by atoms with van der Waals surface area (Å²) in [4.78, 5) is 10.4. The van der Waals surface area contributed by atoms with E-state index in [0.717, 1.165) is 31.2 Å². The summed E-state index contributed by atoms with van der Waals surface area (Å²) in [6, 6.07) is 6.53. The number of hydrogen-bond donors (Lipinski definition) is 0. The Morgan fingerprint density at radius 2 is 1.80 bits per heavy atom. The van der Waals surface area contributed by atoms with Gasteiger partial charge < -0.3 is 0 Å². The maximum absolute atomic E-state index is 12.6. The number of unbranched alkanes of at least 4 members (excludes halogenated alkanes) is 2. The monoisotopic (exact) mass is 228 g/mol. The van der Waals surface area contributed by atoms with Crippen LogP contribution in [-0.2, 0) is 11.2 Å². The summed E-state index contributed by atoms with van der Waals surface area (Å²) in [6.45, 7) is 0. The van der Waals surface area contributed by atoms with Crippen LogP contribution in [0.15, 0.2) is 24.3 Å². The van der Waals surface area contributed by atoms with Crippen LogP contribution in [0.25, 0.3) is 0 Å². The first-order valence-corrected chi connectivity index (χ1v) is 5.49. The number of rotatable bonds is 6. The van der Waals surface area contributed by atoms with Crippen LogP contribution >= 0.6 is 11.6 Å². The van der Waals surface area contributed by atoms with E-state index in [0.29, 0.717) is 6.42 Å². The van der Waals surface area contributed by atoms with Gasteiger partial charge in [-0.15, -0.1) is 0 Å². The highest BCUT2D eigenvalue weighted by Crippen LogP contribution is 2.09. The van der Waals surface area contributed by atoms with Crippen LogP contribution in [0.1, 0.15) is 31.2 Å². The number of benzene rings is 1. The molecule has 1 nitrogen and oxygen atoms in total. The predicted octanol–water partition coefficient (Wildman–Crippen LogP) is 3.69. The van der Waals surface area contributed by atoms with Gasteiger partial charge in [0.05, 0.1) is 0 Å². The Kier molecular flexibility index (Phi) is 5.33. The fourth-order valence-electron chi connectivity index (χ4n) is 1.42. The van der Waals surface area contributed by atoms with Crippen LogP contribution in [0, 0.1) is 5.82 Å². The number of carbonyl (C=O) groups excluding carboxylic acids is 1. The molecule has 0 aromatic heterocycles. The van der Waals surface area contributed by atoms with Gasteiger partial charge in [0.15, 0.2) is 0 Å². The number of halogens is 2. The molecule has 0 atom stereocenters. The molecule has 0 heterocycles. The van der Waals surface area contributed by atoms with Crippen molar-refractivity contribution in [1.82, 2.24) is 0 Å². The van der Waals surface area contributed by atoms with Gasteiger partial charge in [0, 0.05) is 6.42 Å². The first kappa shape index (κ1) is 12.2. The van der Waals surface area contributed by atoms with Gasteiger partial charge in [0.1, 0.15) is 5.82 Å². The summed E-state index contributed by atoms with van der Waals surface area (Å²) in [5.41, 5.74) is 1.13. The number of aryl methyl sites for hydroxylation is 1. The van der Waals surface area contributed by atoms with Gasteiger partial charge in [0.2, 0.25) is 5.24 Å². The molecule has 0 fully saturated rings. The minimum atomic E-state index is -0.267. The third kappa shape index (κ3) is 5.53. The summed E-state index contributed by atoms with van der Waals surface area (Å²) in [6.07, 6.45) is 4.21. The molecule has 1 rings (SSSR count). The Hall–Kier alpha value is -0.890. The third-order valence-electron chi connectivity index (χ3n) is 2.25. The van der Waals surface area contributed by atoms with E-state index < -0.39 is 0 Å². The third-order valence-corrected chi connectivity index (χ3v) is 2.44. The van der Waals surface area contributed by atoms with Crippen LogP contribution in [0.3, 0.4) is 0 Å².